The second kappa shape index (κ2) is 3.70. The molecule has 0 amide bonds. The molecular weight excluding hydrogens is 288 g/mol. The Bertz CT molecular complexity index is 338. The third-order valence-electron chi connectivity index (χ3n) is 1.50. The molecule has 1 aromatic heterocycles. The second-order valence-corrected chi connectivity index (χ2v) is 3.97. The molecule has 64 valence electrons. The van der Waals surface area contributed by atoms with Crippen LogP contribution in [-0.2, 0) is 0 Å². The third-order valence-corrected chi connectivity index (χ3v) is 2.93. The molecule has 4 heteroatoms. The fraction of sp³-hybridized carbons (Fsp3) is 0.250. The topological polar surface area (TPSA) is 30.0 Å². The third kappa shape index (κ3) is 1.95. The van der Waals surface area contributed by atoms with Crippen molar-refractivity contribution in [2.24, 2.45) is 0 Å². The van der Waals surface area contributed by atoms with E-state index in [-0.39, 0.29) is 5.78 Å². The van der Waals surface area contributed by atoms with Gasteiger partial charge in [0.05, 0.1) is 3.57 Å². The summed E-state index contributed by atoms with van der Waals surface area (Å²) >= 11 is 7.81. The highest BCUT2D eigenvalue weighted by Crippen LogP contribution is 2.19. The molecule has 0 aliphatic carbocycles. The van der Waals surface area contributed by atoms with Crippen molar-refractivity contribution in [2.45, 2.75) is 13.8 Å². The Balaban J connectivity index is 3.33. The van der Waals surface area contributed by atoms with Gasteiger partial charge >= 0.3 is 0 Å². The quantitative estimate of drug-likeness (QED) is 0.453. The number of halogens is 2. The molecule has 0 aliphatic heterocycles. The molecule has 1 aromatic rings. The van der Waals surface area contributed by atoms with Crippen LogP contribution in [0.25, 0.3) is 0 Å². The second-order valence-electron chi connectivity index (χ2n) is 2.45. The first-order valence-electron chi connectivity index (χ1n) is 3.36. The molecule has 1 rings (SSSR count). The highest BCUT2D eigenvalue weighted by atomic mass is 127. The van der Waals surface area contributed by atoms with Crippen molar-refractivity contribution in [3.63, 3.8) is 0 Å². The number of Topliss-reactive ketones (excluding diaryl/α,β-unsaturated/α-hetero) is 1. The first-order valence-corrected chi connectivity index (χ1v) is 4.81. The van der Waals surface area contributed by atoms with Crippen molar-refractivity contribution in [3.8, 4) is 0 Å². The van der Waals surface area contributed by atoms with E-state index in [1.165, 1.54) is 6.92 Å². The summed E-state index contributed by atoms with van der Waals surface area (Å²) < 4.78 is 0.810. The Hall–Kier alpha value is -0.160. The van der Waals surface area contributed by atoms with Crippen molar-refractivity contribution in [2.75, 3.05) is 0 Å². The largest absolute Gasteiger partial charge is 0.294 e. The van der Waals surface area contributed by atoms with Crippen LogP contribution in [0.5, 0.6) is 0 Å². The summed E-state index contributed by atoms with van der Waals surface area (Å²) in [6.07, 6.45) is 0. The average molecular weight is 296 g/mol. The first kappa shape index (κ1) is 9.92. The normalized spacial score (nSPS) is 10.0. The monoisotopic (exact) mass is 295 g/mol. The molecule has 0 bridgehead atoms. The van der Waals surface area contributed by atoms with Crippen LogP contribution in [0, 0.1) is 10.5 Å². The average Bonchev–Trinajstić information content (AvgIpc) is 1.96. The molecule has 0 spiro atoms. The van der Waals surface area contributed by atoms with Crippen molar-refractivity contribution in [3.05, 3.63) is 26.0 Å². The molecule has 0 radical (unpaired) electrons. The SMILES string of the molecule is CC(=O)c1cc(I)c(Cl)nc1C. The van der Waals surface area contributed by atoms with E-state index in [4.69, 9.17) is 11.6 Å². The summed E-state index contributed by atoms with van der Waals surface area (Å²) in [6.45, 7) is 3.30. The number of pyridine rings is 1. The minimum Gasteiger partial charge on any atom is -0.294 e. The van der Waals surface area contributed by atoms with Gasteiger partial charge in [0.1, 0.15) is 5.15 Å². The number of ketones is 1. The zero-order valence-electron chi connectivity index (χ0n) is 6.69. The van der Waals surface area contributed by atoms with Crippen molar-refractivity contribution in [1.29, 1.82) is 0 Å². The van der Waals surface area contributed by atoms with Crippen LogP contribution in [0.15, 0.2) is 6.07 Å². The maximum atomic E-state index is 11.0. The van der Waals surface area contributed by atoms with E-state index in [2.05, 4.69) is 27.6 Å². The van der Waals surface area contributed by atoms with Gasteiger partial charge in [-0.25, -0.2) is 4.98 Å². The Labute approximate surface area is 89.5 Å². The van der Waals surface area contributed by atoms with Gasteiger partial charge in [0, 0.05) is 11.3 Å². The molecule has 0 unspecified atom stereocenters. The number of hydrogen-bond acceptors (Lipinski definition) is 2. The van der Waals surface area contributed by atoms with Gasteiger partial charge in [-0.3, -0.25) is 4.79 Å². The van der Waals surface area contributed by atoms with Crippen LogP contribution in [0.4, 0.5) is 0 Å². The van der Waals surface area contributed by atoms with E-state index in [1.54, 1.807) is 13.0 Å². The summed E-state index contributed by atoms with van der Waals surface area (Å²) in [5.41, 5.74) is 1.33. The molecule has 0 saturated carbocycles. The number of aromatic nitrogens is 1. The van der Waals surface area contributed by atoms with Crippen LogP contribution in [0.2, 0.25) is 5.15 Å². The molecule has 0 saturated heterocycles. The molecular formula is C8H7ClINO. The van der Waals surface area contributed by atoms with Crippen LogP contribution < -0.4 is 0 Å². The Morgan fingerprint density at radius 2 is 2.25 bits per heavy atom. The van der Waals surface area contributed by atoms with Gasteiger partial charge in [-0.1, -0.05) is 11.6 Å². The summed E-state index contributed by atoms with van der Waals surface area (Å²) in [6, 6.07) is 1.76. The van der Waals surface area contributed by atoms with E-state index < -0.39 is 0 Å². The minimum absolute atomic E-state index is 0.0228. The maximum absolute atomic E-state index is 11.0. The number of rotatable bonds is 1. The molecule has 1 heterocycles. The number of carbonyl (C=O) groups is 1. The Morgan fingerprint density at radius 1 is 1.67 bits per heavy atom. The summed E-state index contributed by atoms with van der Waals surface area (Å²) in [5.74, 6) is 0.0228. The predicted octanol–water partition coefficient (Wildman–Crippen LogP) is 2.85. The predicted molar refractivity (Wildman–Crippen MR) is 56.7 cm³/mol. The molecule has 12 heavy (non-hydrogen) atoms. The van der Waals surface area contributed by atoms with E-state index in [0.717, 1.165) is 3.57 Å². The fourth-order valence-electron chi connectivity index (χ4n) is 0.908. The lowest BCUT2D eigenvalue weighted by molar-refractivity contribution is 0.101. The van der Waals surface area contributed by atoms with E-state index >= 15 is 0 Å². The Morgan fingerprint density at radius 3 is 2.75 bits per heavy atom. The molecule has 0 fully saturated rings. The minimum atomic E-state index is 0.0228. The van der Waals surface area contributed by atoms with E-state index in [9.17, 15) is 4.79 Å². The van der Waals surface area contributed by atoms with Gasteiger partial charge in [0.2, 0.25) is 0 Å². The smallest absolute Gasteiger partial charge is 0.161 e. The highest BCUT2D eigenvalue weighted by molar-refractivity contribution is 14.1. The number of nitrogens with zero attached hydrogens (tertiary/aromatic N) is 1. The van der Waals surface area contributed by atoms with Crippen molar-refractivity contribution < 1.29 is 4.79 Å². The number of carbonyl (C=O) groups excluding carboxylic acids is 1. The lowest BCUT2D eigenvalue weighted by atomic mass is 10.1. The lowest BCUT2D eigenvalue weighted by Crippen LogP contribution is -2.00. The lowest BCUT2D eigenvalue weighted by Gasteiger charge is -2.02. The van der Waals surface area contributed by atoms with Gasteiger partial charge in [0.25, 0.3) is 0 Å². The zero-order valence-corrected chi connectivity index (χ0v) is 9.60. The van der Waals surface area contributed by atoms with Gasteiger partial charge < -0.3 is 0 Å². The highest BCUT2D eigenvalue weighted by Gasteiger charge is 2.08. The van der Waals surface area contributed by atoms with E-state index in [1.807, 2.05) is 0 Å². The number of aryl methyl sites for hydroxylation is 1. The van der Waals surface area contributed by atoms with Crippen LogP contribution in [-0.4, -0.2) is 10.8 Å². The number of hydrogen-bond donors (Lipinski definition) is 0. The first-order chi connectivity index (χ1) is 5.52. The van der Waals surface area contributed by atoms with E-state index in [0.29, 0.717) is 16.4 Å². The van der Waals surface area contributed by atoms with Gasteiger partial charge in [-0.2, -0.15) is 0 Å². The standard InChI is InChI=1S/C8H7ClINO/c1-4-6(5(2)12)3-7(10)8(9)11-4/h3H,1-2H3. The molecule has 0 aliphatic rings. The van der Waals surface area contributed by atoms with Gasteiger partial charge in [-0.15, -0.1) is 0 Å². The van der Waals surface area contributed by atoms with Gasteiger partial charge in [0.15, 0.2) is 5.78 Å². The molecule has 0 aromatic carbocycles. The van der Waals surface area contributed by atoms with Crippen LogP contribution >= 0.6 is 34.2 Å². The molecule has 2 nitrogen and oxygen atoms in total. The fourth-order valence-corrected chi connectivity index (χ4v) is 1.52. The Kier molecular flexibility index (Phi) is 3.06. The van der Waals surface area contributed by atoms with Crippen LogP contribution in [0.1, 0.15) is 23.0 Å². The maximum Gasteiger partial charge on any atom is 0.161 e. The molecule has 0 atom stereocenters. The summed E-state index contributed by atoms with van der Waals surface area (Å²) in [4.78, 5) is 15.1. The summed E-state index contributed by atoms with van der Waals surface area (Å²) in [7, 11) is 0. The van der Waals surface area contributed by atoms with Crippen LogP contribution in [0.3, 0.4) is 0 Å². The van der Waals surface area contributed by atoms with Crippen molar-refractivity contribution >= 4 is 40.0 Å². The summed E-state index contributed by atoms with van der Waals surface area (Å²) in [5, 5.41) is 0.457. The van der Waals surface area contributed by atoms with Gasteiger partial charge in [-0.05, 0) is 42.5 Å². The zero-order chi connectivity index (χ0) is 9.30. The van der Waals surface area contributed by atoms with Crippen molar-refractivity contribution in [1.82, 2.24) is 4.98 Å². The molecule has 0 N–H and O–H groups in total.